The van der Waals surface area contributed by atoms with Gasteiger partial charge in [0.15, 0.2) is 0 Å². The second kappa shape index (κ2) is 4.77. The quantitative estimate of drug-likeness (QED) is 0.891. The van der Waals surface area contributed by atoms with Crippen molar-refractivity contribution < 1.29 is 0 Å². The van der Waals surface area contributed by atoms with Crippen molar-refractivity contribution in [3.05, 3.63) is 53.5 Å². The molecule has 3 rings (SSSR count). The minimum absolute atomic E-state index is 0.379. The Morgan fingerprint density at radius 3 is 3.00 bits per heavy atom. The zero-order valence-corrected chi connectivity index (χ0v) is 10.6. The lowest BCUT2D eigenvalue weighted by molar-refractivity contribution is 0.660. The number of aromatic nitrogens is 2. The number of hydrogen-bond acceptors (Lipinski definition) is 3. The van der Waals surface area contributed by atoms with Crippen molar-refractivity contribution in [1.82, 2.24) is 9.97 Å². The van der Waals surface area contributed by atoms with Crippen molar-refractivity contribution in [3.63, 3.8) is 0 Å². The van der Waals surface area contributed by atoms with Crippen LogP contribution >= 0.6 is 0 Å². The lowest BCUT2D eigenvalue weighted by Crippen LogP contribution is -2.20. The SMILES string of the molecule is CCCNc1ccnc(C2Cc3ccccc32)n1. The van der Waals surface area contributed by atoms with Crippen LogP contribution in [-0.4, -0.2) is 16.5 Å². The third-order valence-corrected chi connectivity index (χ3v) is 3.40. The van der Waals surface area contributed by atoms with Crippen LogP contribution in [0.15, 0.2) is 36.5 Å². The van der Waals surface area contributed by atoms with Crippen molar-refractivity contribution in [3.8, 4) is 0 Å². The van der Waals surface area contributed by atoms with Crippen molar-refractivity contribution in [2.75, 3.05) is 11.9 Å². The first kappa shape index (κ1) is 11.2. The van der Waals surface area contributed by atoms with E-state index in [0.29, 0.717) is 5.92 Å². The van der Waals surface area contributed by atoms with Crippen molar-refractivity contribution >= 4 is 5.82 Å². The van der Waals surface area contributed by atoms with Gasteiger partial charge >= 0.3 is 0 Å². The van der Waals surface area contributed by atoms with Gasteiger partial charge in [-0.05, 0) is 30.0 Å². The average Bonchev–Trinajstić information content (AvgIpc) is 2.38. The molecule has 1 atom stereocenters. The van der Waals surface area contributed by atoms with Crippen molar-refractivity contribution in [2.45, 2.75) is 25.7 Å². The molecule has 1 aliphatic carbocycles. The third-order valence-electron chi connectivity index (χ3n) is 3.40. The topological polar surface area (TPSA) is 37.8 Å². The van der Waals surface area contributed by atoms with E-state index in [2.05, 4.69) is 46.5 Å². The molecule has 3 heteroatoms. The highest BCUT2D eigenvalue weighted by Gasteiger charge is 2.29. The minimum atomic E-state index is 0.379. The molecule has 1 aromatic carbocycles. The summed E-state index contributed by atoms with van der Waals surface area (Å²) >= 11 is 0. The second-order valence-corrected chi connectivity index (χ2v) is 4.68. The Kier molecular flexibility index (Phi) is 2.97. The van der Waals surface area contributed by atoms with E-state index in [-0.39, 0.29) is 0 Å². The second-order valence-electron chi connectivity index (χ2n) is 4.68. The van der Waals surface area contributed by atoms with Gasteiger partial charge in [-0.2, -0.15) is 0 Å². The Bertz CT molecular complexity index is 551. The molecule has 3 nitrogen and oxygen atoms in total. The van der Waals surface area contributed by atoms with Gasteiger partial charge in [-0.3, -0.25) is 0 Å². The Labute approximate surface area is 107 Å². The predicted molar refractivity (Wildman–Crippen MR) is 72.8 cm³/mol. The molecule has 2 aromatic rings. The van der Waals surface area contributed by atoms with Gasteiger partial charge in [0.25, 0.3) is 0 Å². The van der Waals surface area contributed by atoms with E-state index in [1.54, 1.807) is 0 Å². The van der Waals surface area contributed by atoms with Gasteiger partial charge in [-0.25, -0.2) is 9.97 Å². The Morgan fingerprint density at radius 1 is 1.28 bits per heavy atom. The molecule has 18 heavy (non-hydrogen) atoms. The van der Waals surface area contributed by atoms with Crippen LogP contribution in [0.1, 0.15) is 36.2 Å². The maximum Gasteiger partial charge on any atom is 0.138 e. The molecule has 0 radical (unpaired) electrons. The standard InChI is InChI=1S/C15H17N3/c1-2-8-16-14-7-9-17-15(18-14)13-10-11-5-3-4-6-12(11)13/h3-7,9,13H,2,8,10H2,1H3,(H,16,17,18). The lowest BCUT2D eigenvalue weighted by Gasteiger charge is -2.28. The van der Waals surface area contributed by atoms with Crippen LogP contribution in [0.4, 0.5) is 5.82 Å². The summed E-state index contributed by atoms with van der Waals surface area (Å²) in [5.41, 5.74) is 2.81. The molecule has 1 unspecified atom stereocenters. The van der Waals surface area contributed by atoms with Gasteiger partial charge in [-0.1, -0.05) is 31.2 Å². The molecule has 0 bridgehead atoms. The maximum absolute atomic E-state index is 4.61. The zero-order chi connectivity index (χ0) is 12.4. The molecule has 0 fully saturated rings. The molecule has 1 aliphatic rings. The molecule has 0 amide bonds. The van der Waals surface area contributed by atoms with E-state index in [9.17, 15) is 0 Å². The average molecular weight is 239 g/mol. The van der Waals surface area contributed by atoms with Gasteiger partial charge < -0.3 is 5.32 Å². The van der Waals surface area contributed by atoms with Gasteiger partial charge in [0.1, 0.15) is 11.6 Å². The van der Waals surface area contributed by atoms with Gasteiger partial charge in [0.05, 0.1) is 0 Å². The van der Waals surface area contributed by atoms with E-state index in [0.717, 1.165) is 31.0 Å². The molecule has 1 heterocycles. The zero-order valence-electron chi connectivity index (χ0n) is 10.6. The number of hydrogen-bond donors (Lipinski definition) is 1. The molecule has 92 valence electrons. The number of rotatable bonds is 4. The van der Waals surface area contributed by atoms with Gasteiger partial charge in [-0.15, -0.1) is 0 Å². The van der Waals surface area contributed by atoms with Gasteiger partial charge in [0.2, 0.25) is 0 Å². The molecule has 0 spiro atoms. The number of nitrogens with one attached hydrogen (secondary N) is 1. The number of anilines is 1. The van der Waals surface area contributed by atoms with Gasteiger partial charge in [0, 0.05) is 18.7 Å². The summed E-state index contributed by atoms with van der Waals surface area (Å²) in [5, 5.41) is 3.31. The first-order valence-electron chi connectivity index (χ1n) is 6.53. The Morgan fingerprint density at radius 2 is 2.17 bits per heavy atom. The Hall–Kier alpha value is -1.90. The number of benzene rings is 1. The summed E-state index contributed by atoms with van der Waals surface area (Å²) in [5.74, 6) is 2.26. The first-order valence-corrected chi connectivity index (χ1v) is 6.53. The molecule has 1 aromatic heterocycles. The Balaban J connectivity index is 1.82. The molecule has 0 aliphatic heterocycles. The summed E-state index contributed by atoms with van der Waals surface area (Å²) in [7, 11) is 0. The summed E-state index contributed by atoms with van der Waals surface area (Å²) in [6, 6.07) is 10.5. The van der Waals surface area contributed by atoms with E-state index in [1.807, 2.05) is 12.3 Å². The fraction of sp³-hybridized carbons (Fsp3) is 0.333. The van der Waals surface area contributed by atoms with Crippen molar-refractivity contribution in [1.29, 1.82) is 0 Å². The minimum Gasteiger partial charge on any atom is -0.370 e. The van der Waals surface area contributed by atoms with E-state index in [1.165, 1.54) is 11.1 Å². The highest BCUT2D eigenvalue weighted by atomic mass is 15.0. The maximum atomic E-state index is 4.61. The van der Waals surface area contributed by atoms with Crippen molar-refractivity contribution in [2.24, 2.45) is 0 Å². The monoisotopic (exact) mass is 239 g/mol. The van der Waals surface area contributed by atoms with Crippen LogP contribution in [0.3, 0.4) is 0 Å². The summed E-state index contributed by atoms with van der Waals surface area (Å²) in [4.78, 5) is 9.03. The summed E-state index contributed by atoms with van der Waals surface area (Å²) < 4.78 is 0. The van der Waals surface area contributed by atoms with E-state index < -0.39 is 0 Å². The third kappa shape index (κ3) is 1.96. The van der Waals surface area contributed by atoms with Crippen LogP contribution in [0.25, 0.3) is 0 Å². The van der Waals surface area contributed by atoms with Crippen LogP contribution in [0.5, 0.6) is 0 Å². The van der Waals surface area contributed by atoms with Crippen LogP contribution < -0.4 is 5.32 Å². The molecule has 0 saturated heterocycles. The predicted octanol–water partition coefficient (Wildman–Crippen LogP) is 2.99. The number of nitrogens with zero attached hydrogens (tertiary/aromatic N) is 2. The first-order chi connectivity index (χ1) is 8.88. The molecule has 1 N–H and O–H groups in total. The van der Waals surface area contributed by atoms with Crippen LogP contribution in [0, 0.1) is 0 Å². The van der Waals surface area contributed by atoms with Crippen LogP contribution in [0.2, 0.25) is 0 Å². The van der Waals surface area contributed by atoms with E-state index in [4.69, 9.17) is 0 Å². The molecular formula is C15H17N3. The summed E-state index contributed by atoms with van der Waals surface area (Å²) in [6.07, 6.45) is 4.01. The number of fused-ring (bicyclic) bond motifs is 1. The molecular weight excluding hydrogens is 222 g/mol. The summed E-state index contributed by atoms with van der Waals surface area (Å²) in [6.45, 7) is 3.11. The largest absolute Gasteiger partial charge is 0.370 e. The highest BCUT2D eigenvalue weighted by Crippen LogP contribution is 2.38. The van der Waals surface area contributed by atoms with E-state index >= 15 is 0 Å². The smallest absolute Gasteiger partial charge is 0.138 e. The highest BCUT2D eigenvalue weighted by molar-refractivity contribution is 5.45. The lowest BCUT2D eigenvalue weighted by atomic mass is 9.77. The van der Waals surface area contributed by atoms with Crippen LogP contribution in [-0.2, 0) is 6.42 Å². The fourth-order valence-electron chi connectivity index (χ4n) is 2.38. The normalized spacial score (nSPS) is 16.8. The fourth-order valence-corrected chi connectivity index (χ4v) is 2.38. The molecule has 0 saturated carbocycles.